The SMILES string of the molecule is CC.Cc1cc(C)c(O)c(C=Nc2ccccc2)c1. The highest BCUT2D eigenvalue weighted by atomic mass is 16.3. The Morgan fingerprint density at radius 2 is 1.63 bits per heavy atom. The second-order valence-electron chi connectivity index (χ2n) is 4.11. The molecular weight excluding hydrogens is 234 g/mol. The van der Waals surface area contributed by atoms with Gasteiger partial charge in [0.2, 0.25) is 0 Å². The molecule has 0 radical (unpaired) electrons. The minimum absolute atomic E-state index is 0.301. The normalized spacial score (nSPS) is 10.1. The fourth-order valence-corrected chi connectivity index (χ4v) is 1.75. The lowest BCUT2D eigenvalue weighted by atomic mass is 10.1. The Labute approximate surface area is 115 Å². The Hall–Kier alpha value is -2.09. The Kier molecular flexibility index (Phi) is 5.80. The van der Waals surface area contributed by atoms with Gasteiger partial charge in [-0.2, -0.15) is 0 Å². The predicted molar refractivity (Wildman–Crippen MR) is 82.6 cm³/mol. The maximum Gasteiger partial charge on any atom is 0.127 e. The van der Waals surface area contributed by atoms with Crippen molar-refractivity contribution in [1.82, 2.24) is 0 Å². The molecule has 0 aromatic heterocycles. The third kappa shape index (κ3) is 4.25. The number of nitrogens with zero attached hydrogens (tertiary/aromatic N) is 1. The van der Waals surface area contributed by atoms with E-state index in [2.05, 4.69) is 4.99 Å². The molecule has 2 heteroatoms. The predicted octanol–water partition coefficient (Wildman–Crippen LogP) is 4.79. The van der Waals surface area contributed by atoms with Gasteiger partial charge in [-0.1, -0.05) is 38.1 Å². The molecular formula is C17H21NO. The lowest BCUT2D eigenvalue weighted by Crippen LogP contribution is -1.87. The molecule has 0 aliphatic carbocycles. The molecule has 0 saturated heterocycles. The van der Waals surface area contributed by atoms with Crippen molar-refractivity contribution in [3.05, 3.63) is 59.2 Å². The van der Waals surface area contributed by atoms with Crippen LogP contribution in [-0.2, 0) is 0 Å². The second kappa shape index (κ2) is 7.37. The number of phenols is 1. The van der Waals surface area contributed by atoms with E-state index < -0.39 is 0 Å². The quantitative estimate of drug-likeness (QED) is 0.769. The van der Waals surface area contributed by atoms with Gasteiger partial charge in [0, 0.05) is 11.8 Å². The molecule has 0 amide bonds. The lowest BCUT2D eigenvalue weighted by molar-refractivity contribution is 0.470. The van der Waals surface area contributed by atoms with Crippen LogP contribution in [0.15, 0.2) is 47.5 Å². The summed E-state index contributed by atoms with van der Waals surface area (Å²) < 4.78 is 0. The van der Waals surface area contributed by atoms with Crippen molar-refractivity contribution in [2.45, 2.75) is 27.7 Å². The van der Waals surface area contributed by atoms with Crippen molar-refractivity contribution < 1.29 is 5.11 Å². The van der Waals surface area contributed by atoms with Gasteiger partial charge < -0.3 is 5.11 Å². The van der Waals surface area contributed by atoms with Gasteiger partial charge in [0.05, 0.1) is 5.69 Å². The average molecular weight is 255 g/mol. The summed E-state index contributed by atoms with van der Waals surface area (Å²) in [5.74, 6) is 0.301. The largest absolute Gasteiger partial charge is 0.507 e. The molecule has 2 aromatic rings. The number of hydrogen-bond donors (Lipinski definition) is 1. The molecule has 0 aliphatic heterocycles. The Balaban J connectivity index is 0.000000861. The van der Waals surface area contributed by atoms with Crippen LogP contribution in [0.2, 0.25) is 0 Å². The molecule has 2 aromatic carbocycles. The number of aromatic hydroxyl groups is 1. The first-order valence-electron chi connectivity index (χ1n) is 6.56. The summed E-state index contributed by atoms with van der Waals surface area (Å²) in [5.41, 5.74) is 3.63. The topological polar surface area (TPSA) is 32.6 Å². The van der Waals surface area contributed by atoms with Crippen LogP contribution < -0.4 is 0 Å². The number of rotatable bonds is 2. The van der Waals surface area contributed by atoms with Crippen LogP contribution in [0.5, 0.6) is 5.75 Å². The number of benzene rings is 2. The van der Waals surface area contributed by atoms with Crippen LogP contribution in [0, 0.1) is 13.8 Å². The van der Waals surface area contributed by atoms with Crippen molar-refractivity contribution in [3.63, 3.8) is 0 Å². The molecule has 0 unspecified atom stereocenters. The molecule has 2 rings (SSSR count). The van der Waals surface area contributed by atoms with E-state index in [1.54, 1.807) is 6.21 Å². The van der Waals surface area contributed by atoms with E-state index in [4.69, 9.17) is 0 Å². The first-order valence-corrected chi connectivity index (χ1v) is 6.56. The monoisotopic (exact) mass is 255 g/mol. The van der Waals surface area contributed by atoms with Crippen LogP contribution >= 0.6 is 0 Å². The highest BCUT2D eigenvalue weighted by molar-refractivity contribution is 5.86. The van der Waals surface area contributed by atoms with E-state index in [-0.39, 0.29) is 0 Å². The highest BCUT2D eigenvalue weighted by Crippen LogP contribution is 2.22. The summed E-state index contributed by atoms with van der Waals surface area (Å²) in [5, 5.41) is 9.91. The molecule has 19 heavy (non-hydrogen) atoms. The summed E-state index contributed by atoms with van der Waals surface area (Å²) >= 11 is 0. The maximum absolute atomic E-state index is 9.91. The first-order chi connectivity index (χ1) is 9.16. The van der Waals surface area contributed by atoms with Crippen LogP contribution in [0.25, 0.3) is 0 Å². The molecule has 2 nitrogen and oxygen atoms in total. The minimum atomic E-state index is 0.301. The standard InChI is InChI=1S/C15H15NO.C2H6/c1-11-8-12(2)15(17)13(9-11)10-16-14-6-4-3-5-7-14;1-2/h3-10,17H,1-2H3;1-2H3. The molecule has 1 N–H and O–H groups in total. The van der Waals surface area contributed by atoms with Gasteiger partial charge in [-0.25, -0.2) is 0 Å². The Bertz CT molecular complexity index is 545. The minimum Gasteiger partial charge on any atom is -0.507 e. The van der Waals surface area contributed by atoms with Crippen molar-refractivity contribution in [1.29, 1.82) is 0 Å². The second-order valence-corrected chi connectivity index (χ2v) is 4.11. The van der Waals surface area contributed by atoms with Gasteiger partial charge in [0.1, 0.15) is 5.75 Å². The van der Waals surface area contributed by atoms with Gasteiger partial charge in [0.25, 0.3) is 0 Å². The third-order valence-corrected chi connectivity index (χ3v) is 2.58. The van der Waals surface area contributed by atoms with Crippen LogP contribution in [0.1, 0.15) is 30.5 Å². The third-order valence-electron chi connectivity index (χ3n) is 2.58. The Morgan fingerprint density at radius 3 is 2.26 bits per heavy atom. The lowest BCUT2D eigenvalue weighted by Gasteiger charge is -2.04. The summed E-state index contributed by atoms with van der Waals surface area (Å²) in [7, 11) is 0. The number of hydrogen-bond acceptors (Lipinski definition) is 2. The summed E-state index contributed by atoms with van der Waals surface area (Å²) in [4.78, 5) is 4.33. The van der Waals surface area contributed by atoms with Gasteiger partial charge in [-0.3, -0.25) is 4.99 Å². The van der Waals surface area contributed by atoms with E-state index in [9.17, 15) is 5.11 Å². The van der Waals surface area contributed by atoms with E-state index >= 15 is 0 Å². The van der Waals surface area contributed by atoms with E-state index in [1.165, 1.54) is 0 Å². The van der Waals surface area contributed by atoms with E-state index in [1.807, 2.05) is 70.2 Å². The molecule has 0 spiro atoms. The first kappa shape index (κ1) is 15.0. The van der Waals surface area contributed by atoms with Crippen molar-refractivity contribution in [2.24, 2.45) is 4.99 Å². The summed E-state index contributed by atoms with van der Waals surface area (Å²) in [6, 6.07) is 13.6. The molecule has 0 fully saturated rings. The fourth-order valence-electron chi connectivity index (χ4n) is 1.75. The summed E-state index contributed by atoms with van der Waals surface area (Å²) in [6.45, 7) is 7.90. The number of aryl methyl sites for hydroxylation is 2. The molecule has 0 bridgehead atoms. The number of para-hydroxylation sites is 1. The van der Waals surface area contributed by atoms with Crippen molar-refractivity contribution in [3.8, 4) is 5.75 Å². The average Bonchev–Trinajstić information content (AvgIpc) is 2.44. The molecule has 0 saturated carbocycles. The van der Waals surface area contributed by atoms with Crippen LogP contribution in [-0.4, -0.2) is 11.3 Å². The zero-order valence-corrected chi connectivity index (χ0v) is 12.0. The number of phenolic OH excluding ortho intramolecular Hbond substituents is 1. The molecule has 0 aliphatic rings. The van der Waals surface area contributed by atoms with Gasteiger partial charge in [-0.15, -0.1) is 0 Å². The Morgan fingerprint density at radius 1 is 1.00 bits per heavy atom. The molecule has 0 atom stereocenters. The van der Waals surface area contributed by atoms with Crippen molar-refractivity contribution >= 4 is 11.9 Å². The van der Waals surface area contributed by atoms with Crippen molar-refractivity contribution in [2.75, 3.05) is 0 Å². The smallest absolute Gasteiger partial charge is 0.127 e. The molecule has 100 valence electrons. The van der Waals surface area contributed by atoms with Gasteiger partial charge in [-0.05, 0) is 43.2 Å². The molecule has 0 heterocycles. The maximum atomic E-state index is 9.91. The van der Waals surface area contributed by atoms with Crippen LogP contribution in [0.4, 0.5) is 5.69 Å². The van der Waals surface area contributed by atoms with E-state index in [0.717, 1.165) is 22.4 Å². The van der Waals surface area contributed by atoms with E-state index in [0.29, 0.717) is 5.75 Å². The van der Waals surface area contributed by atoms with Gasteiger partial charge >= 0.3 is 0 Å². The van der Waals surface area contributed by atoms with Gasteiger partial charge in [0.15, 0.2) is 0 Å². The summed E-state index contributed by atoms with van der Waals surface area (Å²) in [6.07, 6.45) is 1.70. The van der Waals surface area contributed by atoms with Crippen LogP contribution in [0.3, 0.4) is 0 Å². The zero-order chi connectivity index (χ0) is 14.3. The fraction of sp³-hybridized carbons (Fsp3) is 0.235. The highest BCUT2D eigenvalue weighted by Gasteiger charge is 2.02. The number of aliphatic imine (C=N–C) groups is 1. The zero-order valence-electron chi connectivity index (χ0n) is 12.0.